The first kappa shape index (κ1) is 22.8. The number of fused-ring (bicyclic) bond motifs is 1. The number of hydrogen-bond acceptors (Lipinski definition) is 6. The molecule has 6 nitrogen and oxygen atoms in total. The molecule has 0 fully saturated rings. The summed E-state index contributed by atoms with van der Waals surface area (Å²) in [4.78, 5) is 25.0. The summed E-state index contributed by atoms with van der Waals surface area (Å²) in [6.07, 6.45) is 1.48. The van der Waals surface area contributed by atoms with Crippen molar-refractivity contribution in [1.82, 2.24) is 5.43 Å². The van der Waals surface area contributed by atoms with E-state index in [9.17, 15) is 9.59 Å². The van der Waals surface area contributed by atoms with Crippen LogP contribution in [-0.2, 0) is 0 Å². The Bertz CT molecular complexity index is 1350. The van der Waals surface area contributed by atoms with Crippen LogP contribution in [0.4, 0.5) is 0 Å². The van der Waals surface area contributed by atoms with Crippen molar-refractivity contribution in [1.29, 1.82) is 0 Å². The molecule has 0 bridgehead atoms. The lowest BCUT2D eigenvalue weighted by Crippen LogP contribution is -2.17. The molecule has 1 amide bonds. The van der Waals surface area contributed by atoms with Crippen LogP contribution in [0.2, 0.25) is 10.0 Å². The average molecular weight is 499 g/mol. The normalized spacial score (nSPS) is 11.0. The van der Waals surface area contributed by atoms with E-state index in [1.807, 2.05) is 12.1 Å². The fraction of sp³-hybridized carbons (Fsp3) is 0.0417. The lowest BCUT2D eigenvalue weighted by molar-refractivity contribution is 0.0739. The number of rotatable bonds is 6. The molecule has 0 aliphatic carbocycles. The summed E-state index contributed by atoms with van der Waals surface area (Å²) in [5, 5.41) is 5.60. The van der Waals surface area contributed by atoms with Gasteiger partial charge in [0, 0.05) is 20.7 Å². The zero-order valence-electron chi connectivity index (χ0n) is 17.2. The molecule has 3 aromatic carbocycles. The van der Waals surface area contributed by atoms with E-state index in [1.165, 1.54) is 17.6 Å². The van der Waals surface area contributed by atoms with Gasteiger partial charge in [0.05, 0.1) is 18.3 Å². The molecule has 0 unspecified atom stereocenters. The molecular formula is C24H16Cl2N2O4S. The quantitative estimate of drug-likeness (QED) is 0.148. The third-order valence-corrected chi connectivity index (χ3v) is 6.49. The number of hydrazone groups is 1. The smallest absolute Gasteiger partial charge is 0.355 e. The van der Waals surface area contributed by atoms with Gasteiger partial charge in [-0.3, -0.25) is 4.79 Å². The van der Waals surface area contributed by atoms with Crippen LogP contribution < -0.4 is 14.9 Å². The number of esters is 1. The van der Waals surface area contributed by atoms with Crippen LogP contribution in [0.5, 0.6) is 11.5 Å². The Balaban J connectivity index is 1.39. The van der Waals surface area contributed by atoms with Gasteiger partial charge in [-0.2, -0.15) is 5.10 Å². The van der Waals surface area contributed by atoms with Gasteiger partial charge in [0.15, 0.2) is 0 Å². The van der Waals surface area contributed by atoms with E-state index < -0.39 is 5.97 Å². The zero-order valence-corrected chi connectivity index (χ0v) is 19.5. The molecule has 1 N–H and O–H groups in total. The summed E-state index contributed by atoms with van der Waals surface area (Å²) in [7, 11) is 1.58. The third kappa shape index (κ3) is 5.34. The molecular weight excluding hydrogens is 483 g/mol. The van der Waals surface area contributed by atoms with E-state index in [-0.39, 0.29) is 5.91 Å². The number of carbonyl (C=O) groups excluding carboxylic acids is 2. The standard InChI is InChI=1S/C24H16Cl2N2O4S/c1-31-18-10-11-19-20(12-18)33-22(21(19)26)24(30)32-17-8-2-14(3-9-17)13-27-28-23(29)15-4-6-16(25)7-5-15/h2-13H,1H3,(H,28,29). The van der Waals surface area contributed by atoms with Crippen molar-refractivity contribution >= 4 is 62.7 Å². The molecule has 0 aliphatic rings. The van der Waals surface area contributed by atoms with Crippen molar-refractivity contribution in [2.24, 2.45) is 5.10 Å². The van der Waals surface area contributed by atoms with Crippen LogP contribution in [0.3, 0.4) is 0 Å². The number of nitrogens with one attached hydrogen (secondary N) is 1. The highest BCUT2D eigenvalue weighted by Crippen LogP contribution is 2.37. The second-order valence-corrected chi connectivity index (χ2v) is 8.64. The molecule has 0 aliphatic heterocycles. The Morgan fingerprint density at radius 3 is 2.36 bits per heavy atom. The minimum absolute atomic E-state index is 0.315. The molecule has 0 saturated heterocycles. The Kier molecular flexibility index (Phi) is 6.93. The third-order valence-electron chi connectivity index (χ3n) is 4.60. The molecule has 0 atom stereocenters. The van der Waals surface area contributed by atoms with E-state index in [0.29, 0.717) is 37.5 Å². The van der Waals surface area contributed by atoms with Crippen LogP contribution >= 0.6 is 34.5 Å². The number of benzene rings is 3. The van der Waals surface area contributed by atoms with Crippen molar-refractivity contribution in [2.45, 2.75) is 0 Å². The number of halogens is 2. The summed E-state index contributed by atoms with van der Waals surface area (Å²) in [6, 6.07) is 18.6. The first-order chi connectivity index (χ1) is 15.9. The molecule has 1 heterocycles. The number of ether oxygens (including phenoxy) is 2. The van der Waals surface area contributed by atoms with Crippen LogP contribution in [0.15, 0.2) is 71.8 Å². The number of amides is 1. The molecule has 166 valence electrons. The summed E-state index contributed by atoms with van der Waals surface area (Å²) >= 11 is 13.4. The zero-order chi connectivity index (χ0) is 23.4. The fourth-order valence-corrected chi connectivity index (χ4v) is 4.45. The lowest BCUT2D eigenvalue weighted by Gasteiger charge is -2.03. The van der Waals surface area contributed by atoms with Gasteiger partial charge in [-0.05, 0) is 72.3 Å². The average Bonchev–Trinajstić information content (AvgIpc) is 3.16. The van der Waals surface area contributed by atoms with E-state index in [2.05, 4.69) is 10.5 Å². The topological polar surface area (TPSA) is 77.0 Å². The van der Waals surface area contributed by atoms with E-state index in [4.69, 9.17) is 32.7 Å². The highest BCUT2D eigenvalue weighted by molar-refractivity contribution is 7.21. The molecule has 4 aromatic rings. The van der Waals surface area contributed by atoms with E-state index >= 15 is 0 Å². The predicted octanol–water partition coefficient (Wildman–Crippen LogP) is 6.20. The number of hydrogen-bond donors (Lipinski definition) is 1. The second kappa shape index (κ2) is 10.0. The van der Waals surface area contributed by atoms with Gasteiger partial charge in [0.25, 0.3) is 5.91 Å². The van der Waals surface area contributed by atoms with E-state index in [0.717, 1.165) is 10.1 Å². The van der Waals surface area contributed by atoms with Crippen molar-refractivity contribution in [3.05, 3.63) is 92.8 Å². The predicted molar refractivity (Wildman–Crippen MR) is 131 cm³/mol. The summed E-state index contributed by atoms with van der Waals surface area (Å²) in [6.45, 7) is 0. The molecule has 4 rings (SSSR count). The fourth-order valence-electron chi connectivity index (χ4n) is 2.91. The molecule has 0 saturated carbocycles. The molecule has 9 heteroatoms. The Labute approximate surface area is 203 Å². The lowest BCUT2D eigenvalue weighted by atomic mass is 10.2. The molecule has 1 aromatic heterocycles. The molecule has 0 radical (unpaired) electrons. The number of thiophene rings is 1. The van der Waals surface area contributed by atoms with Crippen LogP contribution in [0.1, 0.15) is 25.6 Å². The van der Waals surface area contributed by atoms with Gasteiger partial charge in [0.2, 0.25) is 0 Å². The SMILES string of the molecule is COc1ccc2c(Cl)c(C(=O)Oc3ccc(C=NNC(=O)c4ccc(Cl)cc4)cc3)sc2c1. The minimum atomic E-state index is -0.545. The van der Waals surface area contributed by atoms with Crippen LogP contribution in [-0.4, -0.2) is 25.2 Å². The first-order valence-electron chi connectivity index (χ1n) is 9.62. The van der Waals surface area contributed by atoms with Gasteiger partial charge < -0.3 is 9.47 Å². The summed E-state index contributed by atoms with van der Waals surface area (Å²) in [5.41, 5.74) is 3.59. The van der Waals surface area contributed by atoms with Gasteiger partial charge >= 0.3 is 5.97 Å². The van der Waals surface area contributed by atoms with Crippen molar-refractivity contribution in [3.8, 4) is 11.5 Å². The summed E-state index contributed by atoms with van der Waals surface area (Å²) in [5.74, 6) is 0.138. The highest BCUT2D eigenvalue weighted by atomic mass is 35.5. The second-order valence-electron chi connectivity index (χ2n) is 6.77. The van der Waals surface area contributed by atoms with Crippen LogP contribution in [0, 0.1) is 0 Å². The highest BCUT2D eigenvalue weighted by Gasteiger charge is 2.19. The maximum absolute atomic E-state index is 12.6. The maximum Gasteiger partial charge on any atom is 0.355 e. The Morgan fingerprint density at radius 2 is 1.67 bits per heavy atom. The molecule has 33 heavy (non-hydrogen) atoms. The largest absolute Gasteiger partial charge is 0.497 e. The monoisotopic (exact) mass is 498 g/mol. The summed E-state index contributed by atoms with van der Waals surface area (Å²) < 4.78 is 11.5. The van der Waals surface area contributed by atoms with Gasteiger partial charge in [-0.25, -0.2) is 10.2 Å². The minimum Gasteiger partial charge on any atom is -0.497 e. The van der Waals surface area contributed by atoms with E-state index in [1.54, 1.807) is 61.7 Å². The number of carbonyl (C=O) groups is 2. The van der Waals surface area contributed by atoms with Crippen molar-refractivity contribution in [2.75, 3.05) is 7.11 Å². The maximum atomic E-state index is 12.6. The van der Waals surface area contributed by atoms with Gasteiger partial charge in [-0.15, -0.1) is 11.3 Å². The van der Waals surface area contributed by atoms with Crippen molar-refractivity contribution in [3.63, 3.8) is 0 Å². The van der Waals surface area contributed by atoms with Crippen molar-refractivity contribution < 1.29 is 19.1 Å². The van der Waals surface area contributed by atoms with Gasteiger partial charge in [-0.1, -0.05) is 23.2 Å². The molecule has 0 spiro atoms. The number of nitrogens with zero attached hydrogens (tertiary/aromatic N) is 1. The van der Waals surface area contributed by atoms with Crippen LogP contribution in [0.25, 0.3) is 10.1 Å². The first-order valence-corrected chi connectivity index (χ1v) is 11.2. The Morgan fingerprint density at radius 1 is 0.970 bits per heavy atom. The Hall–Kier alpha value is -3.39. The number of methoxy groups -OCH3 is 1. The van der Waals surface area contributed by atoms with Gasteiger partial charge in [0.1, 0.15) is 16.4 Å².